The molecule has 1 aromatic heterocycles. The molecule has 1 aliphatic rings. The summed E-state index contributed by atoms with van der Waals surface area (Å²) >= 11 is 0. The van der Waals surface area contributed by atoms with Crippen molar-refractivity contribution in [1.82, 2.24) is 4.73 Å². The molecule has 8 nitrogen and oxygen atoms in total. The zero-order valence-electron chi connectivity index (χ0n) is 9.86. The Balaban J connectivity index is 2.15. The molecule has 0 amide bonds. The van der Waals surface area contributed by atoms with Gasteiger partial charge in [-0.15, -0.1) is 4.73 Å². The van der Waals surface area contributed by atoms with Crippen molar-refractivity contribution in [2.75, 3.05) is 6.61 Å². The first-order valence-corrected chi connectivity index (χ1v) is 5.70. The summed E-state index contributed by atoms with van der Waals surface area (Å²) in [5.41, 5.74) is -0.487. The highest BCUT2D eigenvalue weighted by Gasteiger charge is 2.45. The molecule has 0 aliphatic carbocycles. The van der Waals surface area contributed by atoms with Crippen molar-refractivity contribution < 1.29 is 30.0 Å². The molecule has 0 radical (unpaired) electrons. The minimum Gasteiger partial charge on any atom is -0.394 e. The van der Waals surface area contributed by atoms with Crippen molar-refractivity contribution in [2.24, 2.45) is 0 Å². The zero-order valence-corrected chi connectivity index (χ0v) is 9.86. The topological polar surface area (TPSA) is 121 Å². The summed E-state index contributed by atoms with van der Waals surface area (Å²) in [5.74, 6) is 0. The van der Waals surface area contributed by atoms with Gasteiger partial charge in [0.15, 0.2) is 0 Å². The fourth-order valence-electron chi connectivity index (χ4n) is 1.77. The minimum absolute atomic E-state index is 0.487. The van der Waals surface area contributed by atoms with Gasteiger partial charge in [0.1, 0.15) is 24.4 Å². The van der Waals surface area contributed by atoms with Crippen LogP contribution in [-0.4, -0.2) is 62.5 Å². The number of nitrogens with zero attached hydrogens (tertiary/aromatic N) is 1. The van der Waals surface area contributed by atoms with Crippen LogP contribution in [0.5, 0.6) is 0 Å². The van der Waals surface area contributed by atoms with Crippen LogP contribution < -0.4 is 10.4 Å². The number of aromatic nitrogens is 1. The molecule has 1 saturated heterocycles. The van der Waals surface area contributed by atoms with Crippen LogP contribution in [0.15, 0.2) is 29.2 Å². The fraction of sp³-hybridized carbons (Fsp3) is 0.545. The number of rotatable bonds is 3. The Morgan fingerprint density at radius 2 is 1.95 bits per heavy atom. The molecular formula is C11H15NO7. The van der Waals surface area contributed by atoms with Gasteiger partial charge in [-0.25, -0.2) is 0 Å². The van der Waals surface area contributed by atoms with Gasteiger partial charge in [0.05, 0.1) is 6.61 Å². The predicted molar refractivity (Wildman–Crippen MR) is 61.0 cm³/mol. The highest BCUT2D eigenvalue weighted by atomic mass is 16.8. The van der Waals surface area contributed by atoms with Crippen molar-refractivity contribution in [2.45, 2.75) is 30.7 Å². The Morgan fingerprint density at radius 1 is 1.21 bits per heavy atom. The first-order valence-electron chi connectivity index (χ1n) is 5.70. The molecule has 0 spiro atoms. The molecule has 0 aromatic carbocycles. The largest absolute Gasteiger partial charge is 0.394 e. The number of hydrogen-bond donors (Lipinski definition) is 4. The molecule has 2 rings (SSSR count). The van der Waals surface area contributed by atoms with E-state index in [9.17, 15) is 20.1 Å². The van der Waals surface area contributed by atoms with Gasteiger partial charge in [-0.1, -0.05) is 6.07 Å². The van der Waals surface area contributed by atoms with Gasteiger partial charge >= 0.3 is 0 Å². The normalized spacial score (nSPS) is 35.1. The second kappa shape index (κ2) is 5.68. The van der Waals surface area contributed by atoms with Crippen molar-refractivity contribution >= 4 is 0 Å². The van der Waals surface area contributed by atoms with Crippen molar-refractivity contribution in [3.05, 3.63) is 34.7 Å². The average molecular weight is 273 g/mol. The second-order valence-electron chi connectivity index (χ2n) is 4.17. The van der Waals surface area contributed by atoms with E-state index in [4.69, 9.17) is 14.7 Å². The minimum atomic E-state index is -1.55. The molecule has 5 atom stereocenters. The summed E-state index contributed by atoms with van der Waals surface area (Å²) in [5, 5.41) is 37.9. The predicted octanol–water partition coefficient (Wildman–Crippen LogP) is -2.92. The van der Waals surface area contributed by atoms with Gasteiger partial charge in [-0.2, -0.15) is 0 Å². The van der Waals surface area contributed by atoms with E-state index < -0.39 is 42.9 Å². The van der Waals surface area contributed by atoms with Gasteiger partial charge in [0, 0.05) is 12.3 Å². The molecule has 106 valence electrons. The summed E-state index contributed by atoms with van der Waals surface area (Å²) in [4.78, 5) is 16.5. The number of aliphatic hydroxyl groups is 4. The van der Waals surface area contributed by atoms with Crippen molar-refractivity contribution in [1.29, 1.82) is 0 Å². The van der Waals surface area contributed by atoms with Crippen LogP contribution in [0.3, 0.4) is 0 Å². The van der Waals surface area contributed by atoms with E-state index in [0.29, 0.717) is 0 Å². The van der Waals surface area contributed by atoms with E-state index in [1.54, 1.807) is 0 Å². The van der Waals surface area contributed by atoms with Crippen molar-refractivity contribution in [3.8, 4) is 0 Å². The summed E-state index contributed by atoms with van der Waals surface area (Å²) in [6, 6.07) is 4.28. The van der Waals surface area contributed by atoms with Gasteiger partial charge in [0.25, 0.3) is 11.8 Å². The van der Waals surface area contributed by atoms with E-state index in [0.717, 1.165) is 4.73 Å². The monoisotopic (exact) mass is 273 g/mol. The van der Waals surface area contributed by atoms with E-state index in [-0.39, 0.29) is 0 Å². The molecule has 4 N–H and O–H groups in total. The number of aliphatic hydroxyl groups excluding tert-OH is 4. The van der Waals surface area contributed by atoms with Gasteiger partial charge in [-0.3, -0.25) is 4.79 Å². The summed E-state index contributed by atoms with van der Waals surface area (Å²) in [7, 11) is 0. The first-order chi connectivity index (χ1) is 9.04. The molecule has 1 fully saturated rings. The average Bonchev–Trinajstić information content (AvgIpc) is 2.41. The maximum atomic E-state index is 11.4. The number of hydrogen-bond acceptors (Lipinski definition) is 7. The number of pyridine rings is 1. The third kappa shape index (κ3) is 2.77. The fourth-order valence-corrected chi connectivity index (χ4v) is 1.77. The van der Waals surface area contributed by atoms with Crippen LogP contribution in [-0.2, 0) is 4.74 Å². The van der Waals surface area contributed by atoms with E-state index in [1.165, 1.54) is 24.4 Å². The molecule has 1 aromatic rings. The lowest BCUT2D eigenvalue weighted by Gasteiger charge is -2.39. The standard InChI is InChI=1S/C11H15NO7/c13-5-6-8(15)9(16)10(17)11(18-6)19-12-4-2-1-3-7(12)14/h1-4,6,8-11,13,15-17H,5H2/t6-,8-,9+,10-,11+/m1/s1. The first kappa shape index (κ1) is 14.0. The molecule has 0 saturated carbocycles. The molecule has 8 heteroatoms. The van der Waals surface area contributed by atoms with E-state index in [1.807, 2.05) is 0 Å². The smallest absolute Gasteiger partial charge is 0.283 e. The maximum Gasteiger partial charge on any atom is 0.283 e. The Hall–Kier alpha value is -1.45. The lowest BCUT2D eigenvalue weighted by Crippen LogP contribution is -2.61. The van der Waals surface area contributed by atoms with Crippen LogP contribution in [0.25, 0.3) is 0 Å². The quantitative estimate of drug-likeness (QED) is 0.465. The van der Waals surface area contributed by atoms with Crippen LogP contribution in [0.2, 0.25) is 0 Å². The molecule has 0 unspecified atom stereocenters. The molecule has 1 aliphatic heterocycles. The maximum absolute atomic E-state index is 11.4. The number of ether oxygens (including phenoxy) is 1. The highest BCUT2D eigenvalue weighted by Crippen LogP contribution is 2.20. The van der Waals surface area contributed by atoms with Gasteiger partial charge in [-0.05, 0) is 6.07 Å². The summed E-state index contributed by atoms with van der Waals surface area (Å²) in [6.07, 6.45) is -5.71. The second-order valence-corrected chi connectivity index (χ2v) is 4.17. The van der Waals surface area contributed by atoms with Crippen LogP contribution in [0.1, 0.15) is 0 Å². The van der Waals surface area contributed by atoms with Gasteiger partial charge < -0.3 is 30.0 Å². The highest BCUT2D eigenvalue weighted by molar-refractivity contribution is 4.93. The molecule has 19 heavy (non-hydrogen) atoms. The zero-order chi connectivity index (χ0) is 14.0. The summed E-state index contributed by atoms with van der Waals surface area (Å²) in [6.45, 7) is -0.561. The van der Waals surface area contributed by atoms with Crippen LogP contribution in [0, 0.1) is 0 Å². The van der Waals surface area contributed by atoms with E-state index in [2.05, 4.69) is 0 Å². The lowest BCUT2D eigenvalue weighted by atomic mass is 9.99. The Bertz CT molecular complexity index is 474. The SMILES string of the molecule is O=c1ccccn1O[C@@H]1O[C@H](CO)[C@@H](O)[C@H](O)[C@H]1O. The molecule has 0 bridgehead atoms. The lowest BCUT2D eigenvalue weighted by molar-refractivity contribution is -0.301. The van der Waals surface area contributed by atoms with Gasteiger partial charge in [0.2, 0.25) is 0 Å². The van der Waals surface area contributed by atoms with Crippen LogP contribution in [0.4, 0.5) is 0 Å². The molecule has 2 heterocycles. The Labute approximate surface area is 108 Å². The van der Waals surface area contributed by atoms with Crippen molar-refractivity contribution in [3.63, 3.8) is 0 Å². The van der Waals surface area contributed by atoms with E-state index >= 15 is 0 Å². The Kier molecular flexibility index (Phi) is 4.17. The third-order valence-electron chi connectivity index (χ3n) is 2.85. The third-order valence-corrected chi connectivity index (χ3v) is 2.85. The summed E-state index contributed by atoms with van der Waals surface area (Å²) < 4.78 is 5.92. The molecular weight excluding hydrogens is 258 g/mol. The Morgan fingerprint density at radius 3 is 2.58 bits per heavy atom. The van der Waals surface area contributed by atoms with Crippen LogP contribution >= 0.6 is 0 Å².